The van der Waals surface area contributed by atoms with E-state index in [2.05, 4.69) is 27.7 Å². The normalized spacial score (nSPS) is 30.5. The van der Waals surface area contributed by atoms with Crippen LogP contribution in [0.3, 0.4) is 0 Å². The molecule has 2 atom stereocenters. The van der Waals surface area contributed by atoms with E-state index in [0.29, 0.717) is 5.41 Å². The van der Waals surface area contributed by atoms with Crippen molar-refractivity contribution in [3.63, 3.8) is 0 Å². The Morgan fingerprint density at radius 3 is 2.18 bits per heavy atom. The van der Waals surface area contributed by atoms with Crippen molar-refractivity contribution in [2.45, 2.75) is 53.4 Å². The van der Waals surface area contributed by atoms with Crippen molar-refractivity contribution in [1.29, 1.82) is 0 Å². The van der Waals surface area contributed by atoms with Gasteiger partial charge in [0, 0.05) is 0 Å². The Morgan fingerprint density at radius 1 is 1.18 bits per heavy atom. The first-order valence-electron chi connectivity index (χ1n) is 5.03. The van der Waals surface area contributed by atoms with Crippen LogP contribution >= 0.6 is 0 Å². The minimum Gasteiger partial charge on any atom is -0.0651 e. The predicted octanol–water partition coefficient (Wildman–Crippen LogP) is 3.86. The monoisotopic (exact) mass is 154 g/mol. The van der Waals surface area contributed by atoms with Gasteiger partial charge in [0.1, 0.15) is 0 Å². The van der Waals surface area contributed by atoms with Crippen molar-refractivity contribution < 1.29 is 0 Å². The largest absolute Gasteiger partial charge is 0.0651 e. The maximum atomic E-state index is 2.34. The summed E-state index contributed by atoms with van der Waals surface area (Å²) in [5.74, 6) is 2.19. The zero-order valence-electron chi connectivity index (χ0n) is 8.48. The third-order valence-electron chi connectivity index (χ3n) is 2.86. The van der Waals surface area contributed by atoms with Gasteiger partial charge >= 0.3 is 0 Å². The fourth-order valence-corrected chi connectivity index (χ4v) is 1.78. The number of hydrogen-bond acceptors (Lipinski definition) is 0. The van der Waals surface area contributed by atoms with Crippen LogP contribution in [0.1, 0.15) is 53.4 Å². The molecule has 0 amide bonds. The first-order chi connectivity index (χ1) is 5.03. The van der Waals surface area contributed by atoms with Gasteiger partial charge in [-0.1, -0.05) is 34.1 Å². The van der Waals surface area contributed by atoms with Gasteiger partial charge in [-0.25, -0.2) is 0 Å². The molecular weight excluding hydrogens is 132 g/mol. The van der Waals surface area contributed by atoms with Crippen molar-refractivity contribution in [2.75, 3.05) is 0 Å². The Balaban J connectivity index is 2.06. The summed E-state index contributed by atoms with van der Waals surface area (Å²) < 4.78 is 0. The number of hydrogen-bond donors (Lipinski definition) is 0. The third-order valence-corrected chi connectivity index (χ3v) is 2.86. The zero-order valence-corrected chi connectivity index (χ0v) is 8.48. The molecule has 11 heavy (non-hydrogen) atoms. The zero-order chi connectivity index (χ0) is 8.48. The van der Waals surface area contributed by atoms with E-state index in [-0.39, 0.29) is 0 Å². The Bertz CT molecular complexity index is 118. The molecule has 0 spiro atoms. The third kappa shape index (κ3) is 3.27. The summed E-state index contributed by atoms with van der Waals surface area (Å²) in [5.41, 5.74) is 0.556. The van der Waals surface area contributed by atoms with Gasteiger partial charge in [-0.15, -0.1) is 0 Å². The molecule has 0 heteroatoms. The summed E-state index contributed by atoms with van der Waals surface area (Å²) in [4.78, 5) is 0. The topological polar surface area (TPSA) is 0 Å². The molecule has 0 radical (unpaired) electrons. The second-order valence-electron chi connectivity index (χ2n) is 5.26. The first-order valence-corrected chi connectivity index (χ1v) is 5.03. The average molecular weight is 154 g/mol. The molecule has 2 unspecified atom stereocenters. The summed E-state index contributed by atoms with van der Waals surface area (Å²) in [5, 5.41) is 0. The van der Waals surface area contributed by atoms with Crippen LogP contribution in [-0.2, 0) is 0 Å². The minimum absolute atomic E-state index is 0.556. The van der Waals surface area contributed by atoms with Crippen molar-refractivity contribution in [3.8, 4) is 0 Å². The fraction of sp³-hybridized carbons (Fsp3) is 1.00. The molecule has 1 saturated carbocycles. The molecule has 1 aliphatic rings. The van der Waals surface area contributed by atoms with Crippen LogP contribution in [0.15, 0.2) is 0 Å². The molecule has 0 aromatic heterocycles. The second-order valence-corrected chi connectivity index (χ2v) is 5.26. The molecule has 0 saturated heterocycles. The van der Waals surface area contributed by atoms with Gasteiger partial charge in [-0.3, -0.25) is 0 Å². The summed E-state index contributed by atoms with van der Waals surface area (Å²) >= 11 is 0. The molecule has 1 aliphatic carbocycles. The SMILES string of the molecule is CCC1CC1CCC(C)(C)C. The molecule has 0 N–H and O–H groups in total. The van der Waals surface area contributed by atoms with E-state index in [1.165, 1.54) is 25.7 Å². The highest BCUT2D eigenvalue weighted by molar-refractivity contribution is 4.85. The Labute approximate surface area is 71.4 Å². The van der Waals surface area contributed by atoms with Crippen LogP contribution in [0.5, 0.6) is 0 Å². The quantitative estimate of drug-likeness (QED) is 0.579. The van der Waals surface area contributed by atoms with Crippen molar-refractivity contribution in [1.82, 2.24) is 0 Å². The minimum atomic E-state index is 0.556. The molecule has 0 heterocycles. The molecule has 0 aromatic rings. The standard InChI is InChI=1S/C11H22/c1-5-9-8-10(9)6-7-11(2,3)4/h9-10H,5-8H2,1-4H3. The highest BCUT2D eigenvalue weighted by atomic mass is 14.4. The molecule has 0 aromatic carbocycles. The summed E-state index contributed by atoms with van der Waals surface area (Å²) in [6, 6.07) is 0. The lowest BCUT2D eigenvalue weighted by atomic mass is 9.89. The Morgan fingerprint density at radius 2 is 1.82 bits per heavy atom. The molecule has 1 rings (SSSR count). The van der Waals surface area contributed by atoms with Crippen LogP contribution in [0, 0.1) is 17.3 Å². The van der Waals surface area contributed by atoms with E-state index in [1.54, 1.807) is 0 Å². The van der Waals surface area contributed by atoms with E-state index < -0.39 is 0 Å². The van der Waals surface area contributed by atoms with Crippen LogP contribution in [0.25, 0.3) is 0 Å². The Kier molecular flexibility index (Phi) is 2.61. The van der Waals surface area contributed by atoms with Crippen LogP contribution in [0.4, 0.5) is 0 Å². The van der Waals surface area contributed by atoms with Crippen molar-refractivity contribution in [2.24, 2.45) is 17.3 Å². The number of rotatable bonds is 3. The van der Waals surface area contributed by atoms with Gasteiger partial charge in [0.05, 0.1) is 0 Å². The van der Waals surface area contributed by atoms with Gasteiger partial charge < -0.3 is 0 Å². The van der Waals surface area contributed by atoms with E-state index in [1.807, 2.05) is 0 Å². The highest BCUT2D eigenvalue weighted by Crippen LogP contribution is 2.45. The van der Waals surface area contributed by atoms with E-state index >= 15 is 0 Å². The average Bonchev–Trinajstić information content (AvgIpc) is 2.60. The molecule has 0 aliphatic heterocycles. The smallest absolute Gasteiger partial charge is 0.0383 e. The van der Waals surface area contributed by atoms with Crippen molar-refractivity contribution >= 4 is 0 Å². The lowest BCUT2D eigenvalue weighted by Crippen LogP contribution is -2.04. The summed E-state index contributed by atoms with van der Waals surface area (Å²) in [6.45, 7) is 9.35. The lowest BCUT2D eigenvalue weighted by molar-refractivity contribution is 0.350. The molecule has 1 fully saturated rings. The van der Waals surface area contributed by atoms with Crippen LogP contribution in [-0.4, -0.2) is 0 Å². The summed E-state index contributed by atoms with van der Waals surface area (Å²) in [6.07, 6.45) is 5.82. The molecular formula is C11H22. The molecule has 0 nitrogen and oxygen atoms in total. The van der Waals surface area contributed by atoms with E-state index in [9.17, 15) is 0 Å². The maximum Gasteiger partial charge on any atom is -0.0383 e. The van der Waals surface area contributed by atoms with Gasteiger partial charge in [0.2, 0.25) is 0 Å². The van der Waals surface area contributed by atoms with Gasteiger partial charge in [0.15, 0.2) is 0 Å². The molecule has 0 bridgehead atoms. The highest BCUT2D eigenvalue weighted by Gasteiger charge is 2.35. The van der Waals surface area contributed by atoms with Crippen LogP contribution in [0.2, 0.25) is 0 Å². The molecule has 66 valence electrons. The van der Waals surface area contributed by atoms with Gasteiger partial charge in [0.25, 0.3) is 0 Å². The first kappa shape index (κ1) is 9.09. The van der Waals surface area contributed by atoms with E-state index in [0.717, 1.165) is 11.8 Å². The lowest BCUT2D eigenvalue weighted by Gasteiger charge is -2.17. The predicted molar refractivity (Wildman–Crippen MR) is 50.6 cm³/mol. The van der Waals surface area contributed by atoms with Crippen LogP contribution < -0.4 is 0 Å². The Hall–Kier alpha value is 0. The van der Waals surface area contributed by atoms with E-state index in [4.69, 9.17) is 0 Å². The van der Waals surface area contributed by atoms with Gasteiger partial charge in [-0.2, -0.15) is 0 Å². The second kappa shape index (κ2) is 3.16. The maximum absolute atomic E-state index is 2.34. The summed E-state index contributed by atoms with van der Waals surface area (Å²) in [7, 11) is 0. The van der Waals surface area contributed by atoms with Crippen molar-refractivity contribution in [3.05, 3.63) is 0 Å². The fourth-order valence-electron chi connectivity index (χ4n) is 1.78. The van der Waals surface area contributed by atoms with Gasteiger partial charge in [-0.05, 0) is 36.5 Å².